The van der Waals surface area contributed by atoms with Crippen LogP contribution in [-0.4, -0.2) is 31.5 Å². The van der Waals surface area contributed by atoms with Crippen molar-refractivity contribution < 1.29 is 17.4 Å². The molecule has 24 heavy (non-hydrogen) atoms. The molecule has 0 N–H and O–H groups in total. The van der Waals surface area contributed by atoms with Crippen LogP contribution in [0.25, 0.3) is 0 Å². The average molecular weight is 356 g/mol. The largest absolute Gasteiger partial charge is 0.382 e. The standard InChI is InChI=1S/C18H29NO4S/c1-5-7-8-18(20)19(13-15(3)4)14-16-9-11-17(12-10-16)23-24(21,22)6-2/h9-12,15H,5-8,13-14H2,1-4H3. The predicted molar refractivity (Wildman–Crippen MR) is 96.3 cm³/mol. The van der Waals surface area contributed by atoms with Gasteiger partial charge in [-0.3, -0.25) is 4.79 Å². The van der Waals surface area contributed by atoms with Crippen LogP contribution in [0, 0.1) is 5.92 Å². The van der Waals surface area contributed by atoms with Gasteiger partial charge in [-0.25, -0.2) is 0 Å². The van der Waals surface area contributed by atoms with E-state index < -0.39 is 10.1 Å². The molecule has 0 saturated carbocycles. The molecular weight excluding hydrogens is 326 g/mol. The Kier molecular flexibility index (Phi) is 8.25. The first-order valence-electron chi connectivity index (χ1n) is 8.56. The van der Waals surface area contributed by atoms with Crippen LogP contribution in [0.1, 0.15) is 52.5 Å². The van der Waals surface area contributed by atoms with E-state index in [4.69, 9.17) is 4.18 Å². The Balaban J connectivity index is 2.77. The number of hydrogen-bond acceptors (Lipinski definition) is 4. The molecule has 1 aromatic rings. The van der Waals surface area contributed by atoms with E-state index in [-0.39, 0.29) is 11.7 Å². The van der Waals surface area contributed by atoms with Crippen molar-refractivity contribution in [1.82, 2.24) is 4.90 Å². The average Bonchev–Trinajstić information content (AvgIpc) is 2.53. The summed E-state index contributed by atoms with van der Waals surface area (Å²) in [5.41, 5.74) is 0.960. The van der Waals surface area contributed by atoms with Crippen LogP contribution in [-0.2, 0) is 21.5 Å². The van der Waals surface area contributed by atoms with E-state index in [1.165, 1.54) is 6.92 Å². The second-order valence-electron chi connectivity index (χ2n) is 6.35. The molecule has 1 amide bonds. The van der Waals surface area contributed by atoms with E-state index >= 15 is 0 Å². The minimum Gasteiger partial charge on any atom is -0.382 e. The van der Waals surface area contributed by atoms with Crippen molar-refractivity contribution in [2.75, 3.05) is 12.3 Å². The molecule has 6 heteroatoms. The molecule has 0 bridgehead atoms. The molecule has 0 aliphatic rings. The van der Waals surface area contributed by atoms with E-state index in [0.717, 1.165) is 18.4 Å². The topological polar surface area (TPSA) is 63.7 Å². The second-order valence-corrected chi connectivity index (χ2v) is 8.20. The summed E-state index contributed by atoms with van der Waals surface area (Å²) in [4.78, 5) is 14.2. The van der Waals surface area contributed by atoms with E-state index in [9.17, 15) is 13.2 Å². The number of rotatable bonds is 10. The number of amides is 1. The number of carbonyl (C=O) groups excluding carboxylic acids is 1. The Labute approximate surface area is 146 Å². The highest BCUT2D eigenvalue weighted by molar-refractivity contribution is 7.87. The van der Waals surface area contributed by atoms with Crippen molar-refractivity contribution in [3.8, 4) is 5.75 Å². The summed E-state index contributed by atoms with van der Waals surface area (Å²) in [6.07, 6.45) is 2.47. The van der Waals surface area contributed by atoms with Gasteiger partial charge < -0.3 is 9.08 Å². The summed E-state index contributed by atoms with van der Waals surface area (Å²) in [5, 5.41) is 0. The molecule has 1 aromatic carbocycles. The van der Waals surface area contributed by atoms with Gasteiger partial charge in [0.05, 0.1) is 5.75 Å². The number of unbranched alkanes of at least 4 members (excludes halogenated alkanes) is 1. The zero-order chi connectivity index (χ0) is 18.2. The van der Waals surface area contributed by atoms with Crippen LogP contribution in [0.15, 0.2) is 24.3 Å². The van der Waals surface area contributed by atoms with Crippen molar-refractivity contribution in [3.05, 3.63) is 29.8 Å². The van der Waals surface area contributed by atoms with Gasteiger partial charge in [-0.2, -0.15) is 8.42 Å². The lowest BCUT2D eigenvalue weighted by atomic mass is 10.1. The predicted octanol–water partition coefficient (Wildman–Crippen LogP) is 3.59. The molecule has 0 atom stereocenters. The van der Waals surface area contributed by atoms with Crippen molar-refractivity contribution in [3.63, 3.8) is 0 Å². The van der Waals surface area contributed by atoms with Gasteiger partial charge in [0.1, 0.15) is 5.75 Å². The fourth-order valence-corrected chi connectivity index (χ4v) is 2.78. The highest BCUT2D eigenvalue weighted by Gasteiger charge is 2.15. The Bertz CT molecular complexity index is 608. The van der Waals surface area contributed by atoms with Gasteiger partial charge in [0.2, 0.25) is 5.91 Å². The number of nitrogens with zero attached hydrogens (tertiary/aromatic N) is 1. The summed E-state index contributed by atoms with van der Waals surface area (Å²) < 4.78 is 27.9. The van der Waals surface area contributed by atoms with Crippen LogP contribution in [0.3, 0.4) is 0 Å². The molecule has 0 spiro atoms. The molecule has 0 aromatic heterocycles. The minimum atomic E-state index is -3.51. The van der Waals surface area contributed by atoms with E-state index in [1.807, 2.05) is 4.90 Å². The van der Waals surface area contributed by atoms with Gasteiger partial charge in [0.25, 0.3) is 0 Å². The summed E-state index contributed by atoms with van der Waals surface area (Å²) in [5.74, 6) is 0.795. The van der Waals surface area contributed by atoms with Gasteiger partial charge in [0, 0.05) is 19.5 Å². The van der Waals surface area contributed by atoms with E-state index in [1.54, 1.807) is 24.3 Å². The third-order valence-corrected chi connectivity index (χ3v) is 4.71. The normalized spacial score (nSPS) is 11.5. The molecule has 0 aliphatic heterocycles. The Morgan fingerprint density at radius 2 is 1.79 bits per heavy atom. The molecule has 0 fully saturated rings. The fourth-order valence-electron chi connectivity index (χ4n) is 2.26. The minimum absolute atomic E-state index is 0.0666. The molecule has 5 nitrogen and oxygen atoms in total. The third-order valence-electron chi connectivity index (χ3n) is 3.56. The van der Waals surface area contributed by atoms with Gasteiger partial charge in [-0.05, 0) is 37.0 Å². The summed E-state index contributed by atoms with van der Waals surface area (Å²) >= 11 is 0. The highest BCUT2D eigenvalue weighted by atomic mass is 32.2. The molecule has 0 aliphatic carbocycles. The van der Waals surface area contributed by atoms with Crippen LogP contribution in [0.5, 0.6) is 5.75 Å². The molecule has 0 radical (unpaired) electrons. The highest BCUT2D eigenvalue weighted by Crippen LogP contribution is 2.17. The molecule has 0 heterocycles. The molecular formula is C18H29NO4S. The van der Waals surface area contributed by atoms with E-state index in [0.29, 0.717) is 31.2 Å². The second kappa shape index (κ2) is 9.67. The Morgan fingerprint density at radius 3 is 2.29 bits per heavy atom. The third kappa shape index (κ3) is 7.34. The zero-order valence-electron chi connectivity index (χ0n) is 15.1. The fraction of sp³-hybridized carbons (Fsp3) is 0.611. The van der Waals surface area contributed by atoms with Crippen molar-refractivity contribution in [2.24, 2.45) is 5.92 Å². The lowest BCUT2D eigenvalue weighted by Crippen LogP contribution is -2.33. The maximum Gasteiger partial charge on any atom is 0.308 e. The van der Waals surface area contributed by atoms with Crippen molar-refractivity contribution in [1.29, 1.82) is 0 Å². The first-order chi connectivity index (χ1) is 11.3. The monoisotopic (exact) mass is 355 g/mol. The summed E-state index contributed by atoms with van der Waals surface area (Å²) in [6.45, 7) is 9.03. The maximum absolute atomic E-state index is 12.4. The smallest absolute Gasteiger partial charge is 0.308 e. The summed E-state index contributed by atoms with van der Waals surface area (Å²) in [6, 6.07) is 6.88. The van der Waals surface area contributed by atoms with Crippen LogP contribution in [0.2, 0.25) is 0 Å². The molecule has 136 valence electrons. The summed E-state index contributed by atoms with van der Waals surface area (Å²) in [7, 11) is -3.51. The molecule has 0 unspecified atom stereocenters. The van der Waals surface area contributed by atoms with Crippen LogP contribution < -0.4 is 4.18 Å². The van der Waals surface area contributed by atoms with E-state index in [2.05, 4.69) is 20.8 Å². The molecule has 0 saturated heterocycles. The number of hydrogen-bond donors (Lipinski definition) is 0. The van der Waals surface area contributed by atoms with Crippen molar-refractivity contribution >= 4 is 16.0 Å². The lowest BCUT2D eigenvalue weighted by molar-refractivity contribution is -0.132. The van der Waals surface area contributed by atoms with Crippen LogP contribution in [0.4, 0.5) is 0 Å². The van der Waals surface area contributed by atoms with Gasteiger partial charge in [-0.1, -0.05) is 39.3 Å². The Morgan fingerprint density at radius 1 is 1.17 bits per heavy atom. The van der Waals surface area contributed by atoms with Crippen LogP contribution >= 0.6 is 0 Å². The first kappa shape index (κ1) is 20.5. The maximum atomic E-state index is 12.4. The molecule has 1 rings (SSSR count). The lowest BCUT2D eigenvalue weighted by Gasteiger charge is -2.25. The van der Waals surface area contributed by atoms with Gasteiger partial charge >= 0.3 is 10.1 Å². The zero-order valence-corrected chi connectivity index (χ0v) is 15.9. The van der Waals surface area contributed by atoms with Gasteiger partial charge in [-0.15, -0.1) is 0 Å². The Hall–Kier alpha value is -1.56. The first-order valence-corrected chi connectivity index (χ1v) is 10.1. The number of carbonyl (C=O) groups is 1. The van der Waals surface area contributed by atoms with Crippen molar-refractivity contribution in [2.45, 2.75) is 53.5 Å². The van der Waals surface area contributed by atoms with Gasteiger partial charge in [0.15, 0.2) is 0 Å². The quantitative estimate of drug-likeness (QED) is 0.602. The number of benzene rings is 1. The SMILES string of the molecule is CCCCC(=O)N(Cc1ccc(OS(=O)(=O)CC)cc1)CC(C)C.